The fraction of sp³-hybridized carbons (Fsp3) is 0.310. The predicted molar refractivity (Wildman–Crippen MR) is 149 cm³/mol. The number of rotatable bonds is 11. The number of aromatic nitrogens is 2. The summed E-state index contributed by atoms with van der Waals surface area (Å²) in [6.45, 7) is 2.33. The van der Waals surface area contributed by atoms with Crippen LogP contribution in [0, 0.1) is 0 Å². The Bertz CT molecular complexity index is 1480. The molecule has 0 saturated carbocycles. The first-order valence-electron chi connectivity index (χ1n) is 12.7. The number of carbonyl (C=O) groups excluding carboxylic acids is 2. The highest BCUT2D eigenvalue weighted by Gasteiger charge is 2.24. The van der Waals surface area contributed by atoms with E-state index in [1.54, 1.807) is 26.4 Å². The average molecular weight is 547 g/mol. The van der Waals surface area contributed by atoms with Crippen LogP contribution >= 0.6 is 0 Å². The third-order valence-corrected chi connectivity index (χ3v) is 6.49. The normalized spacial score (nSPS) is 15.4. The van der Waals surface area contributed by atoms with E-state index in [9.17, 15) is 9.59 Å². The summed E-state index contributed by atoms with van der Waals surface area (Å²) in [5.74, 6) is 1.10. The van der Waals surface area contributed by atoms with E-state index in [2.05, 4.69) is 15.3 Å². The van der Waals surface area contributed by atoms with Crippen molar-refractivity contribution in [2.24, 2.45) is 0 Å². The molecule has 1 aromatic heterocycles. The Morgan fingerprint density at radius 1 is 1.02 bits per heavy atom. The summed E-state index contributed by atoms with van der Waals surface area (Å²) in [6, 6.07) is 9.18. The zero-order chi connectivity index (χ0) is 28.1. The van der Waals surface area contributed by atoms with Gasteiger partial charge in [0.2, 0.25) is 0 Å². The molecule has 0 spiro atoms. The molecule has 2 heterocycles. The molecule has 208 valence electrons. The summed E-state index contributed by atoms with van der Waals surface area (Å²) in [7, 11) is 5.06. The van der Waals surface area contributed by atoms with Crippen molar-refractivity contribution >= 4 is 45.2 Å². The summed E-state index contributed by atoms with van der Waals surface area (Å²) < 4.78 is 27.6. The zero-order valence-electron chi connectivity index (χ0n) is 22.5. The van der Waals surface area contributed by atoms with Gasteiger partial charge in [-0.05, 0) is 42.5 Å². The van der Waals surface area contributed by atoms with E-state index in [0.717, 1.165) is 5.69 Å². The molecule has 3 aromatic rings. The third kappa shape index (κ3) is 5.96. The number of hydrogen-bond donors (Lipinski definition) is 1. The Morgan fingerprint density at radius 2 is 1.85 bits per heavy atom. The van der Waals surface area contributed by atoms with Crippen LogP contribution in [0.3, 0.4) is 0 Å². The van der Waals surface area contributed by atoms with Gasteiger partial charge in [0.1, 0.15) is 18.8 Å². The Balaban J connectivity index is 1.50. The summed E-state index contributed by atoms with van der Waals surface area (Å²) in [4.78, 5) is 35.9. The van der Waals surface area contributed by atoms with Crippen LogP contribution in [0.25, 0.3) is 16.5 Å². The zero-order valence-corrected chi connectivity index (χ0v) is 22.5. The Morgan fingerprint density at radius 3 is 2.62 bits per heavy atom. The van der Waals surface area contributed by atoms with Crippen molar-refractivity contribution in [3.05, 3.63) is 60.5 Å². The van der Waals surface area contributed by atoms with E-state index in [-0.39, 0.29) is 17.9 Å². The van der Waals surface area contributed by atoms with Gasteiger partial charge in [-0.3, -0.25) is 9.59 Å². The van der Waals surface area contributed by atoms with E-state index in [1.807, 2.05) is 30.1 Å². The van der Waals surface area contributed by atoms with Crippen LogP contribution in [-0.2, 0) is 23.8 Å². The first-order chi connectivity index (χ1) is 19.5. The molecule has 40 heavy (non-hydrogen) atoms. The minimum absolute atomic E-state index is 0.249. The van der Waals surface area contributed by atoms with Gasteiger partial charge in [0.05, 0.1) is 39.0 Å². The van der Waals surface area contributed by atoms with Gasteiger partial charge < -0.3 is 33.9 Å². The highest BCUT2D eigenvalue weighted by molar-refractivity contribution is 6.34. The van der Waals surface area contributed by atoms with E-state index >= 15 is 0 Å². The van der Waals surface area contributed by atoms with Crippen molar-refractivity contribution in [3.8, 4) is 11.5 Å². The second-order valence-electron chi connectivity index (χ2n) is 9.15. The number of nitrogens with zero attached hydrogens (tertiary/aromatic N) is 3. The number of likely N-dealkylation sites (N-methyl/N-ethyl adjacent to an activating group) is 1. The molecular formula is C29H30N4O7. The number of ketones is 2. The summed E-state index contributed by atoms with van der Waals surface area (Å²) >= 11 is 0. The van der Waals surface area contributed by atoms with Crippen LogP contribution in [0.15, 0.2) is 54.9 Å². The molecule has 11 nitrogen and oxygen atoms in total. The molecule has 1 fully saturated rings. The van der Waals surface area contributed by atoms with E-state index in [0.29, 0.717) is 78.0 Å². The maximum Gasteiger partial charge on any atom is 0.186 e. The minimum Gasteiger partial charge on any atom is -0.493 e. The number of benzene rings is 2. The molecular weight excluding hydrogens is 516 g/mol. The molecule has 1 saturated heterocycles. The first kappa shape index (κ1) is 27.3. The molecule has 0 atom stereocenters. The van der Waals surface area contributed by atoms with Gasteiger partial charge in [-0.1, -0.05) is 0 Å². The number of hydrogen-bond acceptors (Lipinski definition) is 11. The number of methoxy groups -OCH3 is 2. The van der Waals surface area contributed by atoms with Gasteiger partial charge in [0.25, 0.3) is 0 Å². The number of anilines is 3. The van der Waals surface area contributed by atoms with Gasteiger partial charge in [0.15, 0.2) is 29.4 Å². The van der Waals surface area contributed by atoms with Crippen LogP contribution in [0.5, 0.6) is 11.5 Å². The van der Waals surface area contributed by atoms with Crippen LogP contribution in [0.4, 0.5) is 17.2 Å². The van der Waals surface area contributed by atoms with E-state index in [1.165, 1.54) is 24.6 Å². The second kappa shape index (κ2) is 12.2. The monoisotopic (exact) mass is 546 g/mol. The van der Waals surface area contributed by atoms with Gasteiger partial charge >= 0.3 is 0 Å². The number of allylic oxidation sites excluding steroid dienone is 4. The SMILES string of the molecule is COCCOc1cc2ncnc(Nc3ccc(N(C)CC4OCCO4)c(C4=CC(=O)C=CC4=O)c3)c2cc1OC. The highest BCUT2D eigenvalue weighted by Crippen LogP contribution is 2.37. The largest absolute Gasteiger partial charge is 0.493 e. The Hall–Kier alpha value is -4.32. The van der Waals surface area contributed by atoms with Crippen LogP contribution < -0.4 is 19.7 Å². The minimum atomic E-state index is -0.376. The van der Waals surface area contributed by atoms with Gasteiger partial charge in [0, 0.05) is 48.1 Å². The molecule has 0 unspecified atom stereocenters. The lowest BCUT2D eigenvalue weighted by Gasteiger charge is -2.26. The van der Waals surface area contributed by atoms with E-state index < -0.39 is 0 Å². The van der Waals surface area contributed by atoms with Crippen LogP contribution in [0.2, 0.25) is 0 Å². The number of fused-ring (bicyclic) bond motifs is 1. The molecule has 0 radical (unpaired) electrons. The van der Waals surface area contributed by atoms with E-state index in [4.69, 9.17) is 23.7 Å². The summed E-state index contributed by atoms with van der Waals surface area (Å²) in [6.07, 6.45) is 5.00. The molecule has 5 rings (SSSR count). The topological polar surface area (TPSA) is 121 Å². The van der Waals surface area contributed by atoms with Gasteiger partial charge in [-0.15, -0.1) is 0 Å². The fourth-order valence-corrected chi connectivity index (χ4v) is 4.52. The highest BCUT2D eigenvalue weighted by atomic mass is 16.7. The predicted octanol–water partition coefficient (Wildman–Crippen LogP) is 3.31. The molecule has 2 aliphatic rings. The molecule has 1 N–H and O–H groups in total. The molecule has 11 heteroatoms. The van der Waals surface area contributed by atoms with Crippen LogP contribution in [-0.4, -0.2) is 82.1 Å². The molecule has 0 bridgehead atoms. The van der Waals surface area contributed by atoms with Crippen molar-refractivity contribution in [3.63, 3.8) is 0 Å². The quantitative estimate of drug-likeness (QED) is 0.282. The summed E-state index contributed by atoms with van der Waals surface area (Å²) in [5.41, 5.74) is 2.96. The Labute approximate surface area is 231 Å². The van der Waals surface area contributed by atoms with Crippen molar-refractivity contribution in [1.82, 2.24) is 9.97 Å². The lowest BCUT2D eigenvalue weighted by molar-refractivity contribution is -0.113. The molecule has 1 aliphatic carbocycles. The van der Waals surface area contributed by atoms with Gasteiger partial charge in [-0.25, -0.2) is 9.97 Å². The smallest absolute Gasteiger partial charge is 0.186 e. The lowest BCUT2D eigenvalue weighted by Crippen LogP contribution is -2.30. The standard InChI is InChI=1S/C29H30N4O7/c1-33(16-28-39-10-11-40-28)24-6-4-18(12-20(24)21-13-19(34)5-7-25(21)35)32-29-22-14-26(37-3)27(38-9-8-36-2)15-23(22)30-17-31-29/h4-7,12-15,17,28H,8-11,16H2,1-3H3,(H,30,31,32). The summed E-state index contributed by atoms with van der Waals surface area (Å²) in [5, 5.41) is 4.05. The third-order valence-electron chi connectivity index (χ3n) is 6.49. The Kier molecular flexibility index (Phi) is 8.34. The number of carbonyl (C=O) groups is 2. The number of nitrogens with one attached hydrogen (secondary N) is 1. The average Bonchev–Trinajstić information content (AvgIpc) is 3.47. The van der Waals surface area contributed by atoms with Crippen LogP contribution in [0.1, 0.15) is 5.56 Å². The van der Waals surface area contributed by atoms with Crippen molar-refractivity contribution < 1.29 is 33.3 Å². The lowest BCUT2D eigenvalue weighted by atomic mass is 9.94. The molecule has 0 amide bonds. The first-order valence-corrected chi connectivity index (χ1v) is 12.7. The van der Waals surface area contributed by atoms with Crippen molar-refractivity contribution in [1.29, 1.82) is 0 Å². The van der Waals surface area contributed by atoms with Gasteiger partial charge in [-0.2, -0.15) is 0 Å². The second-order valence-corrected chi connectivity index (χ2v) is 9.15. The molecule has 2 aromatic carbocycles. The maximum absolute atomic E-state index is 12.9. The molecule has 1 aliphatic heterocycles. The maximum atomic E-state index is 12.9. The van der Waals surface area contributed by atoms with Crippen molar-refractivity contribution in [2.75, 3.05) is 64.5 Å². The number of ether oxygens (including phenoxy) is 5. The fourth-order valence-electron chi connectivity index (χ4n) is 4.52. The van der Waals surface area contributed by atoms with Crippen molar-refractivity contribution in [2.45, 2.75) is 6.29 Å².